The van der Waals surface area contributed by atoms with Crippen LogP contribution < -0.4 is 5.32 Å². The fraction of sp³-hybridized carbons (Fsp3) is 0.429. The molecule has 0 bridgehead atoms. The summed E-state index contributed by atoms with van der Waals surface area (Å²) in [7, 11) is 0. The molecule has 0 atom stereocenters. The molecule has 1 saturated heterocycles. The zero-order valence-electron chi connectivity index (χ0n) is 19.6. The van der Waals surface area contributed by atoms with Crippen LogP contribution in [0.5, 0.6) is 0 Å². The van der Waals surface area contributed by atoms with E-state index >= 15 is 0 Å². The summed E-state index contributed by atoms with van der Waals surface area (Å²) in [5.41, 5.74) is 5.43. The second-order valence-corrected chi connectivity index (χ2v) is 9.57. The largest absolute Gasteiger partial charge is 0.348 e. The molecular weight excluding hydrogens is 408 g/mol. The molecule has 5 heteroatoms. The van der Waals surface area contributed by atoms with Gasteiger partial charge in [0.1, 0.15) is 11.5 Å². The van der Waals surface area contributed by atoms with Crippen LogP contribution in [0.15, 0.2) is 54.6 Å². The van der Waals surface area contributed by atoms with Crippen LogP contribution in [0, 0.1) is 6.92 Å². The van der Waals surface area contributed by atoms with Gasteiger partial charge in [0, 0.05) is 37.8 Å². The Morgan fingerprint density at radius 2 is 1.73 bits per heavy atom. The molecule has 0 saturated carbocycles. The molecule has 3 aromatic rings. The van der Waals surface area contributed by atoms with E-state index in [1.807, 2.05) is 0 Å². The van der Waals surface area contributed by atoms with E-state index in [1.165, 1.54) is 17.5 Å². The van der Waals surface area contributed by atoms with Crippen molar-refractivity contribution in [3.05, 3.63) is 77.1 Å². The molecule has 3 heterocycles. The summed E-state index contributed by atoms with van der Waals surface area (Å²) in [6.07, 6.45) is 6.37. The highest BCUT2D eigenvalue weighted by atomic mass is 16.2. The Bertz CT molecular complexity index is 1080. The van der Waals surface area contributed by atoms with Gasteiger partial charge in [0.2, 0.25) is 0 Å². The number of aryl methyl sites for hydroxylation is 1. The molecule has 1 aromatic heterocycles. The van der Waals surface area contributed by atoms with Crippen molar-refractivity contribution in [3.63, 3.8) is 0 Å². The molecule has 0 aliphatic carbocycles. The number of carbonyl (C=O) groups is 1. The van der Waals surface area contributed by atoms with E-state index in [-0.39, 0.29) is 11.9 Å². The summed E-state index contributed by atoms with van der Waals surface area (Å²) in [6.45, 7) is 6.04. The van der Waals surface area contributed by atoms with Gasteiger partial charge < -0.3 is 9.88 Å². The predicted octanol–water partition coefficient (Wildman–Crippen LogP) is 4.98. The molecule has 1 N–H and O–H groups in total. The summed E-state index contributed by atoms with van der Waals surface area (Å²) in [4.78, 5) is 20.8. The molecule has 2 aromatic carbocycles. The van der Waals surface area contributed by atoms with E-state index in [0.717, 1.165) is 75.4 Å². The van der Waals surface area contributed by atoms with Crippen molar-refractivity contribution >= 4 is 5.91 Å². The van der Waals surface area contributed by atoms with Crippen LogP contribution in [0.1, 0.15) is 59.4 Å². The number of aromatic nitrogens is 2. The van der Waals surface area contributed by atoms with Gasteiger partial charge >= 0.3 is 0 Å². The van der Waals surface area contributed by atoms with E-state index in [4.69, 9.17) is 4.98 Å². The molecular formula is C28H34N4O. The molecule has 5 nitrogen and oxygen atoms in total. The van der Waals surface area contributed by atoms with Crippen LogP contribution in [0.3, 0.4) is 0 Å². The fourth-order valence-corrected chi connectivity index (χ4v) is 5.16. The molecule has 2 aliphatic heterocycles. The first-order valence-electron chi connectivity index (χ1n) is 12.4. The van der Waals surface area contributed by atoms with Gasteiger partial charge in [-0.2, -0.15) is 0 Å². The Hall–Kier alpha value is -2.92. The van der Waals surface area contributed by atoms with Crippen LogP contribution in [0.2, 0.25) is 0 Å². The third-order valence-electron chi connectivity index (χ3n) is 7.06. The number of fused-ring (bicyclic) bond motifs is 1. The smallest absolute Gasteiger partial charge is 0.272 e. The minimum Gasteiger partial charge on any atom is -0.348 e. The molecule has 0 radical (unpaired) electrons. The molecule has 5 rings (SSSR count). The molecule has 0 unspecified atom stereocenters. The number of hydrogen-bond donors (Lipinski definition) is 1. The number of imidazole rings is 1. The van der Waals surface area contributed by atoms with Crippen molar-refractivity contribution in [2.24, 2.45) is 0 Å². The first kappa shape index (κ1) is 21.9. The number of carbonyl (C=O) groups excluding carboxylic acids is 1. The zero-order chi connectivity index (χ0) is 22.6. The number of amides is 1. The Labute approximate surface area is 196 Å². The lowest BCUT2D eigenvalue weighted by Crippen LogP contribution is -2.44. The van der Waals surface area contributed by atoms with Crippen molar-refractivity contribution in [1.82, 2.24) is 19.8 Å². The standard InChI is InChI=1S/C28H34N4O/c1-21-11-13-23(14-12-21)27-30-26(25-10-6-3-7-17-32(25)27)28(33)29-24-15-18-31(19-16-24)20-22-8-4-2-5-9-22/h2,4-5,8-9,11-14,24H,3,6-7,10,15-20H2,1H3,(H,29,33). The number of nitrogens with zero attached hydrogens (tertiary/aromatic N) is 3. The van der Waals surface area contributed by atoms with Gasteiger partial charge in [0.05, 0.1) is 5.69 Å². The topological polar surface area (TPSA) is 50.2 Å². The van der Waals surface area contributed by atoms with Gasteiger partial charge in [-0.25, -0.2) is 4.98 Å². The molecule has 33 heavy (non-hydrogen) atoms. The maximum Gasteiger partial charge on any atom is 0.272 e. The highest BCUT2D eigenvalue weighted by Crippen LogP contribution is 2.28. The first-order chi connectivity index (χ1) is 16.2. The monoisotopic (exact) mass is 442 g/mol. The molecule has 1 amide bonds. The summed E-state index contributed by atoms with van der Waals surface area (Å²) in [5, 5.41) is 3.32. The molecule has 2 aliphatic rings. The van der Waals surface area contributed by atoms with Gasteiger partial charge in [-0.15, -0.1) is 0 Å². The quantitative estimate of drug-likeness (QED) is 0.606. The van der Waals surface area contributed by atoms with E-state index in [1.54, 1.807) is 0 Å². The molecule has 1 fully saturated rings. The van der Waals surface area contributed by atoms with Crippen molar-refractivity contribution in [1.29, 1.82) is 0 Å². The predicted molar refractivity (Wildman–Crippen MR) is 132 cm³/mol. The van der Waals surface area contributed by atoms with Crippen molar-refractivity contribution in [3.8, 4) is 11.4 Å². The molecule has 0 spiro atoms. The molecule has 172 valence electrons. The zero-order valence-corrected chi connectivity index (χ0v) is 19.6. The number of rotatable bonds is 5. The summed E-state index contributed by atoms with van der Waals surface area (Å²) in [5.74, 6) is 0.940. The Morgan fingerprint density at radius 1 is 0.970 bits per heavy atom. The van der Waals surface area contributed by atoms with Gasteiger partial charge in [-0.3, -0.25) is 9.69 Å². The minimum absolute atomic E-state index is 0.000482. The third-order valence-corrected chi connectivity index (χ3v) is 7.06. The van der Waals surface area contributed by atoms with Gasteiger partial charge in [0.15, 0.2) is 0 Å². The van der Waals surface area contributed by atoms with Crippen LogP contribution in [0.4, 0.5) is 0 Å². The lowest BCUT2D eigenvalue weighted by atomic mass is 10.0. The van der Waals surface area contributed by atoms with E-state index in [2.05, 4.69) is 76.3 Å². The fourth-order valence-electron chi connectivity index (χ4n) is 5.16. The lowest BCUT2D eigenvalue weighted by molar-refractivity contribution is 0.0903. The Kier molecular flexibility index (Phi) is 6.58. The van der Waals surface area contributed by atoms with E-state index in [0.29, 0.717) is 5.69 Å². The number of nitrogens with one attached hydrogen (secondary N) is 1. The maximum absolute atomic E-state index is 13.4. The van der Waals surface area contributed by atoms with Crippen molar-refractivity contribution in [2.75, 3.05) is 13.1 Å². The van der Waals surface area contributed by atoms with Crippen LogP contribution in [0.25, 0.3) is 11.4 Å². The second kappa shape index (κ2) is 9.92. The SMILES string of the molecule is Cc1ccc(-c2nc(C(=O)NC3CCN(Cc4ccccc4)CC3)c3n2CCCCC3)cc1. The first-order valence-corrected chi connectivity index (χ1v) is 12.4. The van der Waals surface area contributed by atoms with Gasteiger partial charge in [-0.1, -0.05) is 66.6 Å². The summed E-state index contributed by atoms with van der Waals surface area (Å²) in [6, 6.07) is 19.3. The number of piperidine rings is 1. The van der Waals surface area contributed by atoms with E-state index < -0.39 is 0 Å². The number of likely N-dealkylation sites (tertiary alicyclic amines) is 1. The second-order valence-electron chi connectivity index (χ2n) is 9.57. The third kappa shape index (κ3) is 5.03. The van der Waals surface area contributed by atoms with Crippen molar-refractivity contribution in [2.45, 2.75) is 64.6 Å². The Balaban J connectivity index is 1.28. The highest BCUT2D eigenvalue weighted by molar-refractivity contribution is 5.94. The number of benzene rings is 2. The van der Waals surface area contributed by atoms with Crippen LogP contribution in [-0.4, -0.2) is 39.5 Å². The van der Waals surface area contributed by atoms with Gasteiger partial charge in [-0.05, 0) is 44.6 Å². The van der Waals surface area contributed by atoms with E-state index in [9.17, 15) is 4.79 Å². The number of hydrogen-bond acceptors (Lipinski definition) is 3. The van der Waals surface area contributed by atoms with Gasteiger partial charge in [0.25, 0.3) is 5.91 Å². The van der Waals surface area contributed by atoms with Crippen LogP contribution in [-0.2, 0) is 19.5 Å². The summed E-state index contributed by atoms with van der Waals surface area (Å²) >= 11 is 0. The lowest BCUT2D eigenvalue weighted by Gasteiger charge is -2.32. The summed E-state index contributed by atoms with van der Waals surface area (Å²) < 4.78 is 2.30. The van der Waals surface area contributed by atoms with Crippen molar-refractivity contribution < 1.29 is 4.79 Å². The minimum atomic E-state index is 0.000482. The highest BCUT2D eigenvalue weighted by Gasteiger charge is 2.27. The Morgan fingerprint density at radius 3 is 2.48 bits per heavy atom. The van der Waals surface area contributed by atoms with Crippen LogP contribution >= 0.6 is 0 Å². The maximum atomic E-state index is 13.4. The average molecular weight is 443 g/mol. The average Bonchev–Trinajstić information content (AvgIpc) is 3.02. The normalized spacial score (nSPS) is 17.4.